The molecule has 0 aliphatic carbocycles. The van der Waals surface area contributed by atoms with Gasteiger partial charge in [-0.2, -0.15) is 0 Å². The van der Waals surface area contributed by atoms with Gasteiger partial charge in [-0.05, 0) is 43.7 Å². The Morgan fingerprint density at radius 3 is 2.71 bits per heavy atom. The summed E-state index contributed by atoms with van der Waals surface area (Å²) in [6, 6.07) is 10.1. The Kier molecular flexibility index (Phi) is 6.18. The zero-order chi connectivity index (χ0) is 22.0. The second kappa shape index (κ2) is 9.01. The number of aromatic nitrogens is 4. The van der Waals surface area contributed by atoms with Crippen molar-refractivity contribution in [3.05, 3.63) is 63.0 Å². The summed E-state index contributed by atoms with van der Waals surface area (Å²) in [5.41, 5.74) is 3.12. The third-order valence-electron chi connectivity index (χ3n) is 5.67. The zero-order valence-electron chi connectivity index (χ0n) is 18.1. The van der Waals surface area contributed by atoms with E-state index in [0.717, 1.165) is 23.3 Å². The minimum absolute atomic E-state index is 0.0127. The first-order valence-electron chi connectivity index (χ1n) is 10.7. The summed E-state index contributed by atoms with van der Waals surface area (Å²) in [6.45, 7) is 6.65. The predicted molar refractivity (Wildman–Crippen MR) is 124 cm³/mol. The average Bonchev–Trinajstić information content (AvgIpc) is 3.41. The molecule has 7 nitrogen and oxygen atoms in total. The van der Waals surface area contributed by atoms with Gasteiger partial charge < -0.3 is 5.32 Å². The van der Waals surface area contributed by atoms with Crippen molar-refractivity contribution in [1.82, 2.24) is 24.5 Å². The highest BCUT2D eigenvalue weighted by Gasteiger charge is 2.19. The van der Waals surface area contributed by atoms with Gasteiger partial charge in [0, 0.05) is 25.4 Å². The number of hydrogen-bond donors (Lipinski definition) is 1. The lowest BCUT2D eigenvalue weighted by molar-refractivity contribution is -0.121. The number of thiophene rings is 1. The van der Waals surface area contributed by atoms with E-state index in [-0.39, 0.29) is 17.5 Å². The van der Waals surface area contributed by atoms with Crippen molar-refractivity contribution in [3.63, 3.8) is 0 Å². The van der Waals surface area contributed by atoms with Crippen molar-refractivity contribution < 1.29 is 4.79 Å². The molecule has 162 valence electrons. The fourth-order valence-electron chi connectivity index (χ4n) is 3.69. The summed E-state index contributed by atoms with van der Waals surface area (Å²) in [5.74, 6) is 1.37. The third kappa shape index (κ3) is 4.25. The molecule has 0 saturated heterocycles. The van der Waals surface area contributed by atoms with Crippen LogP contribution in [-0.2, 0) is 17.8 Å². The van der Waals surface area contributed by atoms with Gasteiger partial charge in [-0.15, -0.1) is 21.5 Å². The normalized spacial score (nSPS) is 12.5. The zero-order valence-corrected chi connectivity index (χ0v) is 18.9. The van der Waals surface area contributed by atoms with Crippen LogP contribution in [0.5, 0.6) is 0 Å². The molecule has 1 aromatic carbocycles. The SMILES string of the molecule is CCC(C)n1c(=O)c2sccc2n2c(CCCC(=O)NCc3ccc(C)cc3)nnc12. The lowest BCUT2D eigenvalue weighted by Crippen LogP contribution is -2.25. The molecular weight excluding hydrogens is 410 g/mol. The van der Waals surface area contributed by atoms with E-state index >= 15 is 0 Å². The van der Waals surface area contributed by atoms with Gasteiger partial charge in [-0.25, -0.2) is 0 Å². The predicted octanol–water partition coefficient (Wildman–Crippen LogP) is 4.02. The molecule has 1 unspecified atom stereocenters. The van der Waals surface area contributed by atoms with Crippen molar-refractivity contribution in [2.75, 3.05) is 0 Å². The number of aryl methyl sites for hydroxylation is 2. The van der Waals surface area contributed by atoms with Crippen LogP contribution in [0.25, 0.3) is 16.0 Å². The molecule has 0 saturated carbocycles. The highest BCUT2D eigenvalue weighted by atomic mass is 32.1. The highest BCUT2D eigenvalue weighted by Crippen LogP contribution is 2.23. The number of carbonyl (C=O) groups is 1. The molecule has 8 heteroatoms. The highest BCUT2D eigenvalue weighted by molar-refractivity contribution is 7.17. The minimum atomic E-state index is -0.0127. The van der Waals surface area contributed by atoms with Gasteiger partial charge in [0.25, 0.3) is 5.56 Å². The van der Waals surface area contributed by atoms with Crippen LogP contribution < -0.4 is 10.9 Å². The van der Waals surface area contributed by atoms with Crippen LogP contribution in [0.4, 0.5) is 0 Å². The van der Waals surface area contributed by atoms with Crippen LogP contribution in [0.15, 0.2) is 40.5 Å². The van der Waals surface area contributed by atoms with Crippen molar-refractivity contribution in [2.24, 2.45) is 0 Å². The second-order valence-electron chi connectivity index (χ2n) is 7.93. The monoisotopic (exact) mass is 437 g/mol. The quantitative estimate of drug-likeness (QED) is 0.451. The number of rotatable bonds is 8. The molecule has 0 bridgehead atoms. The van der Waals surface area contributed by atoms with Crippen molar-refractivity contribution >= 4 is 33.2 Å². The molecule has 0 radical (unpaired) electrons. The van der Waals surface area contributed by atoms with E-state index in [9.17, 15) is 9.59 Å². The number of nitrogens with one attached hydrogen (secondary N) is 1. The minimum Gasteiger partial charge on any atom is -0.352 e. The Morgan fingerprint density at radius 2 is 1.97 bits per heavy atom. The second-order valence-corrected chi connectivity index (χ2v) is 8.85. The van der Waals surface area contributed by atoms with Gasteiger partial charge in [-0.3, -0.25) is 18.6 Å². The summed E-state index contributed by atoms with van der Waals surface area (Å²) in [7, 11) is 0. The number of carbonyl (C=O) groups excluding carboxylic acids is 1. The molecule has 31 heavy (non-hydrogen) atoms. The average molecular weight is 438 g/mol. The molecule has 3 heterocycles. The summed E-state index contributed by atoms with van der Waals surface area (Å²) in [5, 5.41) is 13.6. The molecule has 0 spiro atoms. The van der Waals surface area contributed by atoms with E-state index in [1.165, 1.54) is 16.9 Å². The van der Waals surface area contributed by atoms with E-state index < -0.39 is 0 Å². The van der Waals surface area contributed by atoms with Gasteiger partial charge in [0.15, 0.2) is 0 Å². The van der Waals surface area contributed by atoms with Gasteiger partial charge in [0.1, 0.15) is 10.5 Å². The third-order valence-corrected chi connectivity index (χ3v) is 6.56. The molecular formula is C23H27N5O2S. The molecule has 4 aromatic rings. The maximum absolute atomic E-state index is 13.0. The first-order valence-corrected chi connectivity index (χ1v) is 11.6. The van der Waals surface area contributed by atoms with Crippen LogP contribution in [0, 0.1) is 6.92 Å². The molecule has 3 aromatic heterocycles. The Morgan fingerprint density at radius 1 is 1.19 bits per heavy atom. The topological polar surface area (TPSA) is 81.3 Å². The Bertz CT molecular complexity index is 1270. The smallest absolute Gasteiger partial charge is 0.273 e. The summed E-state index contributed by atoms with van der Waals surface area (Å²) >= 11 is 1.44. The summed E-state index contributed by atoms with van der Waals surface area (Å²) in [6.07, 6.45) is 2.52. The fourth-order valence-corrected chi connectivity index (χ4v) is 4.50. The molecule has 1 amide bonds. The van der Waals surface area contributed by atoms with Crippen LogP contribution >= 0.6 is 11.3 Å². The van der Waals surface area contributed by atoms with Crippen LogP contribution in [-0.4, -0.2) is 25.1 Å². The Hall–Kier alpha value is -3.00. The number of hydrogen-bond acceptors (Lipinski definition) is 5. The fraction of sp³-hybridized carbons (Fsp3) is 0.391. The number of benzene rings is 1. The van der Waals surface area contributed by atoms with E-state index in [2.05, 4.69) is 22.4 Å². The first kappa shape index (κ1) is 21.2. The van der Waals surface area contributed by atoms with Gasteiger partial charge in [0.05, 0.1) is 5.52 Å². The lowest BCUT2D eigenvalue weighted by Gasteiger charge is -2.14. The maximum atomic E-state index is 13.0. The Balaban J connectivity index is 1.48. The molecule has 0 fully saturated rings. The van der Waals surface area contributed by atoms with Gasteiger partial charge in [-0.1, -0.05) is 36.8 Å². The molecule has 0 aliphatic heterocycles. The number of fused-ring (bicyclic) bond motifs is 3. The van der Waals surface area contributed by atoms with Gasteiger partial charge >= 0.3 is 0 Å². The standard InChI is InChI=1S/C23H27N5O2S/c1-4-16(3)27-22(30)21-18(12-13-31-21)28-19(25-26-23(27)28)6-5-7-20(29)24-14-17-10-8-15(2)9-11-17/h8-13,16H,4-7,14H2,1-3H3,(H,24,29). The van der Waals surface area contributed by atoms with E-state index in [4.69, 9.17) is 0 Å². The number of amides is 1. The number of nitrogens with zero attached hydrogens (tertiary/aromatic N) is 4. The van der Waals surface area contributed by atoms with Crippen LogP contribution in [0.3, 0.4) is 0 Å². The summed E-state index contributed by atoms with van der Waals surface area (Å²) in [4.78, 5) is 25.2. The molecule has 4 rings (SSSR count). The van der Waals surface area contributed by atoms with E-state index in [1.807, 2.05) is 54.0 Å². The van der Waals surface area contributed by atoms with E-state index in [1.54, 1.807) is 4.57 Å². The van der Waals surface area contributed by atoms with Crippen molar-refractivity contribution in [3.8, 4) is 0 Å². The van der Waals surface area contributed by atoms with E-state index in [0.29, 0.717) is 36.3 Å². The largest absolute Gasteiger partial charge is 0.352 e. The van der Waals surface area contributed by atoms with Gasteiger partial charge in [0.2, 0.25) is 11.7 Å². The molecule has 1 atom stereocenters. The lowest BCUT2D eigenvalue weighted by atomic mass is 10.1. The van der Waals surface area contributed by atoms with Crippen molar-refractivity contribution in [1.29, 1.82) is 0 Å². The van der Waals surface area contributed by atoms with Crippen LogP contribution in [0.2, 0.25) is 0 Å². The molecule has 0 aliphatic rings. The van der Waals surface area contributed by atoms with Crippen molar-refractivity contribution in [2.45, 2.75) is 59.0 Å². The maximum Gasteiger partial charge on any atom is 0.273 e. The molecule has 1 N–H and O–H groups in total. The first-order chi connectivity index (χ1) is 15.0. The Labute approximate surface area is 184 Å². The summed E-state index contributed by atoms with van der Waals surface area (Å²) < 4.78 is 4.43. The van der Waals surface area contributed by atoms with Crippen LogP contribution in [0.1, 0.15) is 56.1 Å².